The van der Waals surface area contributed by atoms with E-state index in [4.69, 9.17) is 39.5 Å². The minimum absolute atomic E-state index is 0.606. The number of hydrogen-bond acceptors (Lipinski definition) is 1. The number of hydrogen-bond donors (Lipinski definition) is 0. The van der Waals surface area contributed by atoms with E-state index in [1.807, 2.05) is 54.6 Å². The molecule has 0 aliphatic rings. The normalized spacial score (nSPS) is 9.59. The van der Waals surface area contributed by atoms with E-state index < -0.39 is 0 Å². The second-order valence-corrected chi connectivity index (χ2v) is 5.53. The molecule has 0 spiro atoms. The third-order valence-electron chi connectivity index (χ3n) is 2.62. The van der Waals surface area contributed by atoms with E-state index in [1.54, 1.807) is 24.3 Å². The number of rotatable bonds is 2. The minimum Gasteiger partial charge on any atom is -0.457 e. The van der Waals surface area contributed by atoms with Gasteiger partial charge in [0.05, 0.1) is 10.0 Å². The molecule has 3 rings (SSSR count). The summed E-state index contributed by atoms with van der Waals surface area (Å²) in [6, 6.07) is 24.1. The summed E-state index contributed by atoms with van der Waals surface area (Å²) >= 11 is 16.9. The van der Waals surface area contributed by atoms with Crippen molar-refractivity contribution in [3.8, 4) is 11.5 Å². The summed E-state index contributed by atoms with van der Waals surface area (Å²) < 4.78 is 5.57. The first-order valence-electron chi connectivity index (χ1n) is 6.53. The molecule has 1 nitrogen and oxygen atoms in total. The first kappa shape index (κ1) is 16.7. The third-order valence-corrected chi connectivity index (χ3v) is 3.62. The topological polar surface area (TPSA) is 9.23 Å². The van der Waals surface area contributed by atoms with Crippen molar-refractivity contribution in [1.82, 2.24) is 0 Å². The van der Waals surface area contributed by atoms with Crippen LogP contribution in [0.5, 0.6) is 11.5 Å². The summed E-state index contributed by atoms with van der Waals surface area (Å²) in [4.78, 5) is 0. The van der Waals surface area contributed by atoms with E-state index >= 15 is 0 Å². The zero-order chi connectivity index (χ0) is 15.8. The van der Waals surface area contributed by atoms with Crippen molar-refractivity contribution in [3.63, 3.8) is 0 Å². The summed E-state index contributed by atoms with van der Waals surface area (Å²) in [6.45, 7) is 0. The quantitative estimate of drug-likeness (QED) is 0.477. The largest absolute Gasteiger partial charge is 0.457 e. The molecule has 22 heavy (non-hydrogen) atoms. The molecule has 0 N–H and O–H groups in total. The van der Waals surface area contributed by atoms with Gasteiger partial charge in [0, 0.05) is 5.02 Å². The Labute approximate surface area is 145 Å². The van der Waals surface area contributed by atoms with Gasteiger partial charge in [-0.2, -0.15) is 0 Å². The molecule has 0 bridgehead atoms. The molecule has 3 aromatic carbocycles. The smallest absolute Gasteiger partial charge is 0.127 e. The van der Waals surface area contributed by atoms with Crippen molar-refractivity contribution in [2.24, 2.45) is 0 Å². The van der Waals surface area contributed by atoms with Gasteiger partial charge in [-0.1, -0.05) is 65.1 Å². The molecule has 0 fully saturated rings. The lowest BCUT2D eigenvalue weighted by molar-refractivity contribution is 0.483. The van der Waals surface area contributed by atoms with Crippen LogP contribution in [0.3, 0.4) is 0 Å². The van der Waals surface area contributed by atoms with E-state index in [9.17, 15) is 0 Å². The Morgan fingerprint density at radius 1 is 0.500 bits per heavy atom. The molecule has 0 heterocycles. The summed E-state index contributed by atoms with van der Waals surface area (Å²) in [5, 5.41) is 1.92. The van der Waals surface area contributed by atoms with E-state index in [0.29, 0.717) is 15.1 Å². The first-order chi connectivity index (χ1) is 10.6. The van der Waals surface area contributed by atoms with Crippen LogP contribution in [-0.2, 0) is 0 Å². The average Bonchev–Trinajstić information content (AvgIpc) is 2.54. The van der Waals surface area contributed by atoms with Gasteiger partial charge in [-0.15, -0.1) is 0 Å². The fraction of sp³-hybridized carbons (Fsp3) is 0. The molecule has 0 amide bonds. The van der Waals surface area contributed by atoms with Crippen LogP contribution in [0, 0.1) is 0 Å². The lowest BCUT2D eigenvalue weighted by Gasteiger charge is -2.04. The number of para-hydroxylation sites is 1. The van der Waals surface area contributed by atoms with Gasteiger partial charge in [0.2, 0.25) is 0 Å². The predicted molar refractivity (Wildman–Crippen MR) is 94.4 cm³/mol. The molecule has 0 unspecified atom stereocenters. The lowest BCUT2D eigenvalue weighted by Crippen LogP contribution is -1.82. The third kappa shape index (κ3) is 5.61. The Morgan fingerprint density at radius 2 is 0.955 bits per heavy atom. The molecule has 0 atom stereocenters. The second-order valence-electron chi connectivity index (χ2n) is 4.28. The van der Waals surface area contributed by atoms with Crippen LogP contribution in [0.15, 0.2) is 78.9 Å². The fourth-order valence-corrected chi connectivity index (χ4v) is 1.96. The molecular formula is C18H13Cl3O. The minimum atomic E-state index is 0.606. The van der Waals surface area contributed by atoms with Crippen LogP contribution in [0.1, 0.15) is 0 Å². The van der Waals surface area contributed by atoms with E-state index in [0.717, 1.165) is 11.5 Å². The summed E-state index contributed by atoms with van der Waals surface area (Å²) in [5.74, 6) is 1.62. The van der Waals surface area contributed by atoms with Crippen LogP contribution in [0.2, 0.25) is 15.1 Å². The average molecular weight is 352 g/mol. The van der Waals surface area contributed by atoms with Crippen LogP contribution in [0.25, 0.3) is 0 Å². The highest BCUT2D eigenvalue weighted by molar-refractivity contribution is 6.41. The van der Waals surface area contributed by atoms with Crippen molar-refractivity contribution < 1.29 is 4.74 Å². The Bertz CT molecular complexity index is 676. The number of ether oxygens (including phenoxy) is 1. The Kier molecular flexibility index (Phi) is 6.60. The molecule has 3 aromatic rings. The molecule has 0 aliphatic carbocycles. The van der Waals surface area contributed by atoms with Crippen molar-refractivity contribution >= 4 is 34.8 Å². The Morgan fingerprint density at radius 3 is 1.45 bits per heavy atom. The monoisotopic (exact) mass is 350 g/mol. The van der Waals surface area contributed by atoms with Crippen LogP contribution >= 0.6 is 34.8 Å². The van der Waals surface area contributed by atoms with Crippen molar-refractivity contribution in [3.05, 3.63) is 93.9 Å². The zero-order valence-corrected chi connectivity index (χ0v) is 13.8. The maximum Gasteiger partial charge on any atom is 0.127 e. The van der Waals surface area contributed by atoms with Gasteiger partial charge in [-0.3, -0.25) is 0 Å². The van der Waals surface area contributed by atoms with Crippen LogP contribution in [0.4, 0.5) is 0 Å². The maximum absolute atomic E-state index is 5.76. The standard InChI is InChI=1S/C12H9ClO.C6H4Cl2/c13-10-6-8-12(9-7-10)14-11-4-2-1-3-5-11;7-5-3-1-2-4-6(5)8/h1-9H;1-4H. The van der Waals surface area contributed by atoms with Gasteiger partial charge in [0.1, 0.15) is 11.5 Å². The van der Waals surface area contributed by atoms with Gasteiger partial charge in [-0.05, 0) is 48.5 Å². The highest BCUT2D eigenvalue weighted by Crippen LogP contribution is 2.22. The molecule has 0 aromatic heterocycles. The second kappa shape index (κ2) is 8.70. The molecule has 4 heteroatoms. The summed E-state index contributed by atoms with van der Waals surface area (Å²) in [7, 11) is 0. The molecule has 0 aliphatic heterocycles. The summed E-state index contributed by atoms with van der Waals surface area (Å²) in [5.41, 5.74) is 0. The molecule has 112 valence electrons. The van der Waals surface area contributed by atoms with E-state index in [-0.39, 0.29) is 0 Å². The molecule has 0 saturated carbocycles. The van der Waals surface area contributed by atoms with Crippen molar-refractivity contribution in [2.75, 3.05) is 0 Å². The van der Waals surface area contributed by atoms with Gasteiger partial charge in [0.15, 0.2) is 0 Å². The van der Waals surface area contributed by atoms with Crippen molar-refractivity contribution in [1.29, 1.82) is 0 Å². The Hall–Kier alpha value is -1.67. The Balaban J connectivity index is 0.000000188. The SMILES string of the molecule is Clc1ccc(Oc2ccccc2)cc1.Clc1ccccc1Cl. The summed E-state index contributed by atoms with van der Waals surface area (Å²) in [6.07, 6.45) is 0. The predicted octanol–water partition coefficient (Wildman–Crippen LogP) is 7.13. The maximum atomic E-state index is 5.76. The zero-order valence-electron chi connectivity index (χ0n) is 11.5. The van der Waals surface area contributed by atoms with Gasteiger partial charge in [-0.25, -0.2) is 0 Å². The van der Waals surface area contributed by atoms with Gasteiger partial charge in [0.25, 0.3) is 0 Å². The fourth-order valence-electron chi connectivity index (χ4n) is 1.57. The van der Waals surface area contributed by atoms with Crippen LogP contribution < -0.4 is 4.74 Å². The first-order valence-corrected chi connectivity index (χ1v) is 7.67. The molecular weight excluding hydrogens is 339 g/mol. The highest BCUT2D eigenvalue weighted by Gasteiger charge is 1.95. The van der Waals surface area contributed by atoms with Gasteiger partial charge < -0.3 is 4.74 Å². The number of halogens is 3. The molecule has 0 radical (unpaired) electrons. The van der Waals surface area contributed by atoms with E-state index in [2.05, 4.69) is 0 Å². The van der Waals surface area contributed by atoms with Crippen LogP contribution in [-0.4, -0.2) is 0 Å². The van der Waals surface area contributed by atoms with Crippen molar-refractivity contribution in [2.45, 2.75) is 0 Å². The number of benzene rings is 3. The lowest BCUT2D eigenvalue weighted by atomic mass is 10.3. The molecule has 0 saturated heterocycles. The van der Waals surface area contributed by atoms with Gasteiger partial charge >= 0.3 is 0 Å². The highest BCUT2D eigenvalue weighted by atomic mass is 35.5. The van der Waals surface area contributed by atoms with E-state index in [1.165, 1.54) is 0 Å².